The van der Waals surface area contributed by atoms with E-state index in [1.165, 1.54) is 7.11 Å². The van der Waals surface area contributed by atoms with E-state index in [-0.39, 0.29) is 5.97 Å². The van der Waals surface area contributed by atoms with E-state index in [2.05, 4.69) is 0 Å². The van der Waals surface area contributed by atoms with Crippen molar-refractivity contribution < 1.29 is 9.53 Å². The number of esters is 1. The van der Waals surface area contributed by atoms with Gasteiger partial charge in [-0.2, -0.15) is 0 Å². The molecule has 0 unspecified atom stereocenters. The molecule has 0 saturated carbocycles. The fraction of sp³-hybridized carbons (Fsp3) is 0.364. The number of aryl methyl sites for hydroxylation is 1. The van der Waals surface area contributed by atoms with Crippen molar-refractivity contribution in [2.24, 2.45) is 0 Å². The molecule has 0 aliphatic rings. The van der Waals surface area contributed by atoms with E-state index >= 15 is 0 Å². The Morgan fingerprint density at radius 1 is 1.36 bits per heavy atom. The highest BCUT2D eigenvalue weighted by molar-refractivity contribution is 5.97. The molecule has 0 fully saturated rings. The minimum absolute atomic E-state index is 0.285. The minimum atomic E-state index is -0.285. The summed E-state index contributed by atoms with van der Waals surface area (Å²) in [5.41, 5.74) is 2.46. The number of benzene rings is 1. The molecule has 14 heavy (non-hydrogen) atoms. The van der Waals surface area contributed by atoms with Gasteiger partial charge in [-0.25, -0.2) is 4.79 Å². The minimum Gasteiger partial charge on any atom is -0.465 e. The van der Waals surface area contributed by atoms with Gasteiger partial charge in [0, 0.05) is 14.1 Å². The molecule has 0 radical (unpaired) electrons. The Morgan fingerprint density at radius 2 is 2.00 bits per heavy atom. The Labute approximate surface area is 84.3 Å². The highest BCUT2D eigenvalue weighted by atomic mass is 16.5. The Morgan fingerprint density at radius 3 is 2.50 bits per heavy atom. The summed E-state index contributed by atoms with van der Waals surface area (Å²) in [4.78, 5) is 13.4. The lowest BCUT2D eigenvalue weighted by atomic mass is 10.1. The van der Waals surface area contributed by atoms with Crippen molar-refractivity contribution in [3.8, 4) is 0 Å². The molecule has 1 aromatic carbocycles. The summed E-state index contributed by atoms with van der Waals surface area (Å²) in [7, 11) is 5.20. The maximum atomic E-state index is 11.5. The van der Waals surface area contributed by atoms with Crippen LogP contribution >= 0.6 is 0 Å². The van der Waals surface area contributed by atoms with Crippen molar-refractivity contribution in [2.75, 3.05) is 26.1 Å². The van der Waals surface area contributed by atoms with E-state index in [1.807, 2.05) is 44.1 Å². The topological polar surface area (TPSA) is 29.5 Å². The zero-order valence-electron chi connectivity index (χ0n) is 9.00. The zero-order valence-corrected chi connectivity index (χ0v) is 9.00. The first-order valence-corrected chi connectivity index (χ1v) is 4.43. The number of hydrogen-bond donors (Lipinski definition) is 0. The van der Waals surface area contributed by atoms with E-state index in [1.54, 1.807) is 0 Å². The monoisotopic (exact) mass is 193 g/mol. The molecule has 3 heteroatoms. The summed E-state index contributed by atoms with van der Waals surface area (Å²) in [5, 5.41) is 0. The summed E-state index contributed by atoms with van der Waals surface area (Å²) in [6.07, 6.45) is 0. The number of nitrogens with zero attached hydrogens (tertiary/aromatic N) is 1. The van der Waals surface area contributed by atoms with Crippen molar-refractivity contribution in [3.05, 3.63) is 29.3 Å². The molecular formula is C11H15NO2. The van der Waals surface area contributed by atoms with Gasteiger partial charge >= 0.3 is 5.97 Å². The van der Waals surface area contributed by atoms with E-state index in [4.69, 9.17) is 4.74 Å². The van der Waals surface area contributed by atoms with Crippen molar-refractivity contribution in [2.45, 2.75) is 6.92 Å². The van der Waals surface area contributed by atoms with Crippen molar-refractivity contribution in [1.82, 2.24) is 0 Å². The summed E-state index contributed by atoms with van der Waals surface area (Å²) < 4.78 is 4.74. The second-order valence-corrected chi connectivity index (χ2v) is 3.36. The normalized spacial score (nSPS) is 9.71. The third-order valence-electron chi connectivity index (χ3n) is 2.12. The van der Waals surface area contributed by atoms with Gasteiger partial charge in [0.2, 0.25) is 0 Å². The summed E-state index contributed by atoms with van der Waals surface area (Å²) in [6.45, 7) is 1.90. The fourth-order valence-corrected chi connectivity index (χ4v) is 1.39. The molecule has 0 atom stereocenters. The maximum absolute atomic E-state index is 11.5. The SMILES string of the molecule is COC(=O)c1c(C)cccc1N(C)C. The average molecular weight is 193 g/mol. The predicted molar refractivity (Wildman–Crippen MR) is 56.8 cm³/mol. The Hall–Kier alpha value is -1.51. The van der Waals surface area contributed by atoms with E-state index in [9.17, 15) is 4.79 Å². The molecular weight excluding hydrogens is 178 g/mol. The van der Waals surface area contributed by atoms with Crippen molar-refractivity contribution >= 4 is 11.7 Å². The number of anilines is 1. The molecule has 0 aliphatic heterocycles. The number of methoxy groups -OCH3 is 1. The largest absolute Gasteiger partial charge is 0.465 e. The third kappa shape index (κ3) is 1.87. The Balaban J connectivity index is 3.29. The van der Waals surface area contributed by atoms with Crippen LogP contribution in [0.4, 0.5) is 5.69 Å². The molecule has 0 aromatic heterocycles. The fourth-order valence-electron chi connectivity index (χ4n) is 1.39. The molecule has 0 N–H and O–H groups in total. The number of carbonyl (C=O) groups excluding carboxylic acids is 1. The van der Waals surface area contributed by atoms with Crippen LogP contribution in [0, 0.1) is 6.92 Å². The lowest BCUT2D eigenvalue weighted by molar-refractivity contribution is 0.0600. The van der Waals surface area contributed by atoms with Crippen LogP contribution in [0.5, 0.6) is 0 Å². The van der Waals surface area contributed by atoms with Gasteiger partial charge in [-0.05, 0) is 18.6 Å². The standard InChI is InChI=1S/C11H15NO2/c1-8-6-5-7-9(12(2)3)10(8)11(13)14-4/h5-7H,1-4H3. The molecule has 0 aliphatic carbocycles. The number of ether oxygens (including phenoxy) is 1. The summed E-state index contributed by atoms with van der Waals surface area (Å²) in [6, 6.07) is 5.73. The van der Waals surface area contributed by atoms with Crippen LogP contribution in [0.25, 0.3) is 0 Å². The quantitative estimate of drug-likeness (QED) is 0.671. The van der Waals surface area contributed by atoms with Gasteiger partial charge in [0.1, 0.15) is 0 Å². The highest BCUT2D eigenvalue weighted by Crippen LogP contribution is 2.22. The van der Waals surface area contributed by atoms with Crippen LogP contribution in [0.15, 0.2) is 18.2 Å². The van der Waals surface area contributed by atoms with E-state index in [0.717, 1.165) is 11.3 Å². The molecule has 1 rings (SSSR count). The van der Waals surface area contributed by atoms with E-state index in [0.29, 0.717) is 5.56 Å². The average Bonchev–Trinajstić information content (AvgIpc) is 2.16. The molecule has 0 spiro atoms. The summed E-state index contributed by atoms with van der Waals surface area (Å²) in [5.74, 6) is -0.285. The lowest BCUT2D eigenvalue weighted by Gasteiger charge is -2.17. The van der Waals surface area contributed by atoms with Gasteiger partial charge in [-0.1, -0.05) is 12.1 Å². The zero-order chi connectivity index (χ0) is 10.7. The second kappa shape index (κ2) is 4.13. The van der Waals surface area contributed by atoms with Gasteiger partial charge in [0.05, 0.1) is 18.4 Å². The van der Waals surface area contributed by atoms with Gasteiger partial charge in [-0.3, -0.25) is 0 Å². The lowest BCUT2D eigenvalue weighted by Crippen LogP contribution is -2.15. The molecule has 76 valence electrons. The van der Waals surface area contributed by atoms with Crippen LogP contribution < -0.4 is 4.90 Å². The van der Waals surface area contributed by atoms with Gasteiger partial charge in [0.15, 0.2) is 0 Å². The van der Waals surface area contributed by atoms with Crippen LogP contribution in [-0.4, -0.2) is 27.2 Å². The van der Waals surface area contributed by atoms with Crippen molar-refractivity contribution in [1.29, 1.82) is 0 Å². The molecule has 3 nitrogen and oxygen atoms in total. The van der Waals surface area contributed by atoms with Crippen LogP contribution in [0.2, 0.25) is 0 Å². The van der Waals surface area contributed by atoms with Crippen molar-refractivity contribution in [3.63, 3.8) is 0 Å². The number of carbonyl (C=O) groups is 1. The maximum Gasteiger partial charge on any atom is 0.340 e. The molecule has 1 aromatic rings. The van der Waals surface area contributed by atoms with Crippen LogP contribution in [-0.2, 0) is 4.74 Å². The number of hydrogen-bond acceptors (Lipinski definition) is 3. The van der Waals surface area contributed by atoms with E-state index < -0.39 is 0 Å². The number of rotatable bonds is 2. The smallest absolute Gasteiger partial charge is 0.340 e. The Bertz CT molecular complexity index is 345. The Kier molecular flexibility index (Phi) is 3.12. The van der Waals surface area contributed by atoms with Gasteiger partial charge in [0.25, 0.3) is 0 Å². The third-order valence-corrected chi connectivity index (χ3v) is 2.12. The first kappa shape index (κ1) is 10.6. The molecule has 0 saturated heterocycles. The second-order valence-electron chi connectivity index (χ2n) is 3.36. The predicted octanol–water partition coefficient (Wildman–Crippen LogP) is 1.85. The highest BCUT2D eigenvalue weighted by Gasteiger charge is 2.15. The first-order chi connectivity index (χ1) is 6.57. The molecule has 0 amide bonds. The van der Waals surface area contributed by atoms with Crippen LogP contribution in [0.1, 0.15) is 15.9 Å². The van der Waals surface area contributed by atoms with Gasteiger partial charge in [-0.15, -0.1) is 0 Å². The van der Waals surface area contributed by atoms with Gasteiger partial charge < -0.3 is 9.64 Å². The van der Waals surface area contributed by atoms with Crippen LogP contribution in [0.3, 0.4) is 0 Å². The molecule has 0 heterocycles. The molecule has 0 bridgehead atoms. The first-order valence-electron chi connectivity index (χ1n) is 4.43. The summed E-state index contributed by atoms with van der Waals surface area (Å²) >= 11 is 0.